The van der Waals surface area contributed by atoms with Crippen molar-refractivity contribution < 1.29 is 38.6 Å². The fraction of sp³-hybridized carbons (Fsp3) is 0.585. The number of hydroxylamine groups is 2. The molecule has 54 heavy (non-hydrogen) atoms. The lowest BCUT2D eigenvalue weighted by Gasteiger charge is -2.61. The Labute approximate surface area is 318 Å². The Kier molecular flexibility index (Phi) is 12.9. The van der Waals surface area contributed by atoms with Gasteiger partial charge in [0.05, 0.1) is 33.3 Å². The lowest BCUT2D eigenvalue weighted by atomic mass is 9.43. The van der Waals surface area contributed by atoms with E-state index in [0.717, 1.165) is 23.2 Å². The summed E-state index contributed by atoms with van der Waals surface area (Å²) < 4.78 is 10.7. The van der Waals surface area contributed by atoms with Crippen molar-refractivity contribution in [3.63, 3.8) is 0 Å². The van der Waals surface area contributed by atoms with Crippen molar-refractivity contribution >= 4 is 35.6 Å². The number of nitrogens with one attached hydrogen (secondary N) is 2. The molecule has 2 bridgehead atoms. The molecule has 3 amide bonds. The molecule has 13 nitrogen and oxygen atoms in total. The summed E-state index contributed by atoms with van der Waals surface area (Å²) in [6.45, 7) is 8.60. The number of aliphatic hydroxyl groups is 1. The minimum absolute atomic E-state index is 0.00552. The van der Waals surface area contributed by atoms with Crippen molar-refractivity contribution in [1.82, 2.24) is 15.7 Å². The van der Waals surface area contributed by atoms with Gasteiger partial charge in [-0.25, -0.2) is 4.99 Å². The number of amides is 3. The molecule has 4 fully saturated rings. The molecular formula is C41H57N5O8. The second-order valence-corrected chi connectivity index (χ2v) is 15.8. The van der Waals surface area contributed by atoms with E-state index in [1.54, 1.807) is 32.2 Å². The van der Waals surface area contributed by atoms with Gasteiger partial charge in [0, 0.05) is 68.6 Å². The number of hydrogen-bond acceptors (Lipinski definition) is 10. The third-order valence-electron chi connectivity index (χ3n) is 12.1. The van der Waals surface area contributed by atoms with Gasteiger partial charge in [-0.15, -0.1) is 0 Å². The van der Waals surface area contributed by atoms with E-state index in [-0.39, 0.29) is 43.7 Å². The Bertz CT molecular complexity index is 1740. The van der Waals surface area contributed by atoms with Crippen LogP contribution in [0.4, 0.5) is 5.69 Å². The molecule has 2 aromatic rings. The van der Waals surface area contributed by atoms with E-state index in [4.69, 9.17) is 9.57 Å². The minimum Gasteiger partial charge on any atom is -0.496 e. The van der Waals surface area contributed by atoms with Gasteiger partial charge in [0.25, 0.3) is 11.8 Å². The van der Waals surface area contributed by atoms with Gasteiger partial charge < -0.3 is 30.1 Å². The van der Waals surface area contributed by atoms with Gasteiger partial charge in [0.1, 0.15) is 17.9 Å². The number of nitrogens with zero attached hydrogens (tertiary/aromatic N) is 3. The zero-order valence-corrected chi connectivity index (χ0v) is 33.0. The quantitative estimate of drug-likeness (QED) is 0.189. The van der Waals surface area contributed by atoms with Gasteiger partial charge in [0.15, 0.2) is 0 Å². The highest BCUT2D eigenvalue weighted by atomic mass is 16.7. The van der Waals surface area contributed by atoms with Crippen LogP contribution in [-0.2, 0) is 30.5 Å². The fourth-order valence-electron chi connectivity index (χ4n) is 8.77. The summed E-state index contributed by atoms with van der Waals surface area (Å²) >= 11 is 0. The lowest BCUT2D eigenvalue weighted by Crippen LogP contribution is -2.55. The van der Waals surface area contributed by atoms with Crippen molar-refractivity contribution in [3.05, 3.63) is 47.5 Å². The Morgan fingerprint density at radius 2 is 1.87 bits per heavy atom. The minimum atomic E-state index is -0.997. The molecule has 1 saturated heterocycles. The van der Waals surface area contributed by atoms with Crippen LogP contribution in [-0.4, -0.2) is 100 Å². The first-order chi connectivity index (χ1) is 25.6. The maximum absolute atomic E-state index is 14.3. The molecule has 8 atom stereocenters. The highest BCUT2D eigenvalue weighted by Gasteiger charge is 2.56. The van der Waals surface area contributed by atoms with Gasteiger partial charge in [-0.3, -0.25) is 24.0 Å². The normalized spacial score (nSPS) is 26.4. The fourth-order valence-corrected chi connectivity index (χ4v) is 8.77. The number of hydrogen-bond donors (Lipinski definition) is 3. The number of aliphatic hydroxyl groups excluding tert-OH is 1. The Morgan fingerprint density at radius 3 is 2.48 bits per heavy atom. The monoisotopic (exact) mass is 747 g/mol. The van der Waals surface area contributed by atoms with Gasteiger partial charge >= 0.3 is 5.97 Å². The zero-order valence-electron chi connectivity index (χ0n) is 33.0. The number of methoxy groups -OCH3 is 2. The van der Waals surface area contributed by atoms with Crippen LogP contribution in [0, 0.1) is 35.0 Å². The molecular weight excluding hydrogens is 690 g/mol. The SMILES string of the molecule is CNC(=O)c1cc(-c2cccc(CN3O[C@@H](CNC(=O)CCC(=O)OC)C([C@H](C)O)[C@H]3C(=O)N=CC3C[C@H]4C[C@@H]([C@@H]3C)C4(C)C)c2OC)cc(N(C)C)c1. The van der Waals surface area contributed by atoms with Crippen molar-refractivity contribution in [2.24, 2.45) is 40.0 Å². The topological polar surface area (TPSA) is 159 Å². The molecule has 13 heteroatoms. The summed E-state index contributed by atoms with van der Waals surface area (Å²) in [6.07, 6.45) is 2.07. The van der Waals surface area contributed by atoms with Gasteiger partial charge in [-0.2, -0.15) is 5.06 Å². The molecule has 0 spiro atoms. The first-order valence-electron chi connectivity index (χ1n) is 18.8. The molecule has 2 unspecified atom stereocenters. The molecule has 3 N–H and O–H groups in total. The maximum Gasteiger partial charge on any atom is 0.306 e. The van der Waals surface area contributed by atoms with E-state index in [9.17, 15) is 24.3 Å². The van der Waals surface area contributed by atoms with Crippen LogP contribution in [0.25, 0.3) is 11.1 Å². The summed E-state index contributed by atoms with van der Waals surface area (Å²) in [7, 11) is 8.22. The van der Waals surface area contributed by atoms with Gasteiger partial charge in [0.2, 0.25) is 5.91 Å². The first kappa shape index (κ1) is 40.8. The standard InChI is InChI=1S/C41H57N5O8/c1-23-28(16-29-19-32(23)41(29,3)4)20-44-40(51)37-36(24(2)47)33(21-43-34(48)13-14-35(49)52-8)54-46(37)22-25-11-10-12-31(38(25)53-9)26-15-27(39(50)42-5)18-30(17-26)45(6)7/h10-12,15,17-18,20,23-24,28-29,32-33,36-37,47H,13-14,16,19,21-22H2,1-9H3,(H,42,50)(H,43,48)/t23-,24+,28?,29+,32+,33+,36?,37+/m1/s1. The molecule has 0 radical (unpaired) electrons. The Morgan fingerprint density at radius 1 is 1.13 bits per heavy atom. The number of carbonyl (C=O) groups excluding carboxylic acids is 4. The number of esters is 1. The second kappa shape index (κ2) is 17.0. The molecule has 3 aliphatic carbocycles. The lowest BCUT2D eigenvalue weighted by molar-refractivity contribution is -0.174. The van der Waals surface area contributed by atoms with Crippen molar-refractivity contribution in [2.75, 3.05) is 46.8 Å². The highest BCUT2D eigenvalue weighted by Crippen LogP contribution is 2.62. The average Bonchev–Trinajstić information content (AvgIpc) is 3.52. The van der Waals surface area contributed by atoms with E-state index in [1.165, 1.54) is 13.5 Å². The number of rotatable bonds is 14. The third kappa shape index (κ3) is 8.48. The van der Waals surface area contributed by atoms with Crippen LogP contribution in [0.2, 0.25) is 0 Å². The molecule has 3 saturated carbocycles. The van der Waals surface area contributed by atoms with Crippen molar-refractivity contribution in [3.8, 4) is 16.9 Å². The van der Waals surface area contributed by atoms with Crippen LogP contribution in [0.1, 0.15) is 69.3 Å². The number of para-hydroxylation sites is 1. The molecule has 4 aliphatic rings. The van der Waals surface area contributed by atoms with E-state index in [2.05, 4.69) is 41.1 Å². The van der Waals surface area contributed by atoms with Crippen LogP contribution in [0.15, 0.2) is 41.4 Å². The van der Waals surface area contributed by atoms with Crippen molar-refractivity contribution in [2.45, 2.75) is 78.2 Å². The predicted molar refractivity (Wildman–Crippen MR) is 206 cm³/mol. The zero-order chi connectivity index (χ0) is 39.5. The highest BCUT2D eigenvalue weighted by molar-refractivity contribution is 5.97. The number of fused-ring (bicyclic) bond motifs is 2. The molecule has 294 valence electrons. The summed E-state index contributed by atoms with van der Waals surface area (Å²) in [5.74, 6) is -0.0171. The second-order valence-electron chi connectivity index (χ2n) is 15.8. The summed E-state index contributed by atoms with van der Waals surface area (Å²) in [5, 5.41) is 18.2. The van der Waals surface area contributed by atoms with Crippen LogP contribution >= 0.6 is 0 Å². The van der Waals surface area contributed by atoms with E-state index < -0.39 is 36.0 Å². The Hall–Kier alpha value is -4.33. The number of anilines is 1. The van der Waals surface area contributed by atoms with E-state index in [1.807, 2.05) is 55.5 Å². The summed E-state index contributed by atoms with van der Waals surface area (Å²) in [5.41, 5.74) is 3.80. The molecule has 0 aromatic heterocycles. The molecule has 6 rings (SSSR count). The maximum atomic E-state index is 14.3. The first-order valence-corrected chi connectivity index (χ1v) is 18.8. The largest absolute Gasteiger partial charge is 0.496 e. The van der Waals surface area contributed by atoms with Crippen LogP contribution in [0.3, 0.4) is 0 Å². The van der Waals surface area contributed by atoms with E-state index in [0.29, 0.717) is 40.0 Å². The van der Waals surface area contributed by atoms with Gasteiger partial charge in [-0.1, -0.05) is 39.0 Å². The van der Waals surface area contributed by atoms with Crippen molar-refractivity contribution in [1.29, 1.82) is 0 Å². The summed E-state index contributed by atoms with van der Waals surface area (Å²) in [6, 6.07) is 10.3. The molecule has 1 aliphatic heterocycles. The van der Waals surface area contributed by atoms with E-state index >= 15 is 0 Å². The van der Waals surface area contributed by atoms with Crippen LogP contribution in [0.5, 0.6) is 5.75 Å². The van der Waals surface area contributed by atoms with Crippen LogP contribution < -0.4 is 20.3 Å². The third-order valence-corrected chi connectivity index (χ3v) is 12.1. The predicted octanol–water partition coefficient (Wildman–Crippen LogP) is 4.25. The molecule has 2 aromatic carbocycles. The van der Waals surface area contributed by atoms with Gasteiger partial charge in [-0.05, 0) is 72.6 Å². The number of benzene rings is 2. The number of ether oxygens (including phenoxy) is 2. The summed E-state index contributed by atoms with van der Waals surface area (Å²) in [4.78, 5) is 64.2. The molecule has 1 heterocycles. The number of carbonyl (C=O) groups is 4. The number of aliphatic imine (C=N–C) groups is 1. The average molecular weight is 748 g/mol. The smallest absolute Gasteiger partial charge is 0.306 e. The Balaban J connectivity index is 1.47.